The molecule has 25 heavy (non-hydrogen) atoms. The molecule has 0 bridgehead atoms. The van der Waals surface area contributed by atoms with Gasteiger partial charge in [-0.05, 0) is 45.9 Å². The molecule has 7 nitrogen and oxygen atoms in total. The first-order chi connectivity index (χ1) is 11.9. The van der Waals surface area contributed by atoms with Crippen LogP contribution in [0.15, 0.2) is 18.2 Å². The van der Waals surface area contributed by atoms with Crippen LogP contribution in [0.25, 0.3) is 0 Å². The van der Waals surface area contributed by atoms with E-state index in [4.69, 9.17) is 11.5 Å². The molecule has 0 radical (unpaired) electrons. The van der Waals surface area contributed by atoms with Crippen LogP contribution >= 0.6 is 0 Å². The van der Waals surface area contributed by atoms with Gasteiger partial charge in [-0.1, -0.05) is 6.07 Å². The summed E-state index contributed by atoms with van der Waals surface area (Å²) >= 11 is 0. The molecule has 0 fully saturated rings. The minimum Gasteiger partial charge on any atom is -0.508 e. The first-order valence-corrected chi connectivity index (χ1v) is 8.82. The van der Waals surface area contributed by atoms with E-state index >= 15 is 0 Å². The van der Waals surface area contributed by atoms with Crippen LogP contribution in [0.1, 0.15) is 11.1 Å². The van der Waals surface area contributed by atoms with Crippen molar-refractivity contribution >= 4 is 0 Å². The number of nitrogens with one attached hydrogen (secondary N) is 2. The van der Waals surface area contributed by atoms with Gasteiger partial charge in [-0.15, -0.1) is 0 Å². The maximum Gasteiger partial charge on any atom is 0.120 e. The van der Waals surface area contributed by atoms with E-state index in [1.165, 1.54) is 5.56 Å². The van der Waals surface area contributed by atoms with Gasteiger partial charge in [-0.2, -0.15) is 0 Å². The molecular formula is C18H38N6O. The minimum atomic E-state index is 0.381. The fraction of sp³-hybridized carbons (Fsp3) is 0.667. The molecule has 0 unspecified atom stereocenters. The van der Waals surface area contributed by atoms with Crippen molar-refractivity contribution < 1.29 is 5.11 Å². The second-order valence-electron chi connectivity index (χ2n) is 6.52. The summed E-state index contributed by atoms with van der Waals surface area (Å²) < 4.78 is 0. The molecule has 7 N–H and O–H groups in total. The number of nitrogens with zero attached hydrogens (tertiary/aromatic N) is 2. The average molecular weight is 355 g/mol. The smallest absolute Gasteiger partial charge is 0.120 e. The lowest BCUT2D eigenvalue weighted by Crippen LogP contribution is -2.32. The van der Waals surface area contributed by atoms with E-state index in [0.717, 1.165) is 44.8 Å². The van der Waals surface area contributed by atoms with Crippen molar-refractivity contribution in [3.05, 3.63) is 29.3 Å². The Morgan fingerprint density at radius 3 is 1.80 bits per heavy atom. The summed E-state index contributed by atoms with van der Waals surface area (Å²) in [5.41, 5.74) is 12.7. The van der Waals surface area contributed by atoms with Crippen LogP contribution < -0.4 is 22.1 Å². The molecule has 1 rings (SSSR count). The largest absolute Gasteiger partial charge is 0.508 e. The van der Waals surface area contributed by atoms with Crippen molar-refractivity contribution in [1.29, 1.82) is 0 Å². The van der Waals surface area contributed by atoms with Crippen LogP contribution in [0.2, 0.25) is 0 Å². The predicted octanol–water partition coefficient (Wildman–Crippen LogP) is -0.402. The summed E-state index contributed by atoms with van der Waals surface area (Å²) in [6.45, 7) is 6.81. The van der Waals surface area contributed by atoms with Gasteiger partial charge in [-0.3, -0.25) is 0 Å². The molecular weight excluding hydrogens is 316 g/mol. The Hall–Kier alpha value is -1.22. The maximum absolute atomic E-state index is 9.68. The van der Waals surface area contributed by atoms with Crippen LogP contribution in [-0.4, -0.2) is 82.4 Å². The molecule has 1 aromatic rings. The second-order valence-corrected chi connectivity index (χ2v) is 6.52. The fourth-order valence-corrected chi connectivity index (χ4v) is 2.20. The molecule has 0 aromatic heterocycles. The van der Waals surface area contributed by atoms with Crippen LogP contribution in [0.5, 0.6) is 5.75 Å². The number of aromatic hydroxyl groups is 1. The molecule has 0 aliphatic rings. The Bertz CT molecular complexity index is 432. The highest BCUT2D eigenvalue weighted by Crippen LogP contribution is 2.20. The van der Waals surface area contributed by atoms with Gasteiger partial charge in [0, 0.05) is 57.9 Å². The van der Waals surface area contributed by atoms with Gasteiger partial charge >= 0.3 is 0 Å². The quantitative estimate of drug-likeness (QED) is 0.345. The number of phenols is 1. The zero-order chi connectivity index (χ0) is 19.1. The predicted molar refractivity (Wildman–Crippen MR) is 107 cm³/mol. The SMILES string of the molecule is CN(C)Cc1ccc(O)c(CN(C)C)c1.NCCNCCNCCN. The molecule has 146 valence electrons. The van der Waals surface area contributed by atoms with E-state index in [1.807, 2.05) is 34.3 Å². The zero-order valence-electron chi connectivity index (χ0n) is 16.4. The average Bonchev–Trinajstić information content (AvgIpc) is 2.54. The number of phenolic OH excluding ortho intramolecular Hbond substituents is 1. The van der Waals surface area contributed by atoms with Crippen LogP contribution in [0, 0.1) is 0 Å². The Labute approximate surface area is 153 Å². The summed E-state index contributed by atoms with van der Waals surface area (Å²) in [7, 11) is 8.08. The monoisotopic (exact) mass is 354 g/mol. The summed E-state index contributed by atoms with van der Waals surface area (Å²) in [6, 6.07) is 5.81. The highest BCUT2D eigenvalue weighted by Gasteiger charge is 2.04. The van der Waals surface area contributed by atoms with Gasteiger partial charge in [0.1, 0.15) is 5.75 Å². The zero-order valence-corrected chi connectivity index (χ0v) is 16.4. The topological polar surface area (TPSA) is 103 Å². The summed E-state index contributed by atoms with van der Waals surface area (Å²) in [5, 5.41) is 16.0. The molecule has 7 heteroatoms. The Kier molecular flexibility index (Phi) is 14.3. The molecule has 0 spiro atoms. The van der Waals surface area contributed by atoms with Crippen molar-refractivity contribution in [3.8, 4) is 5.75 Å². The molecule has 0 saturated carbocycles. The van der Waals surface area contributed by atoms with Gasteiger partial charge in [0.25, 0.3) is 0 Å². The minimum absolute atomic E-state index is 0.381. The molecule has 0 heterocycles. The standard InChI is InChI=1S/C12H20N2O.C6H18N4/c1-13(2)8-10-5-6-12(15)11(7-10)9-14(3)4;7-1-3-9-5-6-10-4-2-8/h5-7,15H,8-9H2,1-4H3;9-10H,1-8H2. The third-order valence-corrected chi connectivity index (χ3v) is 3.25. The van der Waals surface area contributed by atoms with Gasteiger partial charge in [0.15, 0.2) is 0 Å². The van der Waals surface area contributed by atoms with E-state index in [1.54, 1.807) is 6.07 Å². The van der Waals surface area contributed by atoms with Crippen LogP contribution in [0.4, 0.5) is 0 Å². The fourth-order valence-electron chi connectivity index (χ4n) is 2.20. The third-order valence-electron chi connectivity index (χ3n) is 3.25. The van der Waals surface area contributed by atoms with Gasteiger partial charge in [0.2, 0.25) is 0 Å². The number of hydrogen-bond donors (Lipinski definition) is 5. The molecule has 0 aliphatic carbocycles. The first-order valence-electron chi connectivity index (χ1n) is 8.82. The Morgan fingerprint density at radius 2 is 1.36 bits per heavy atom. The van der Waals surface area contributed by atoms with Crippen molar-refractivity contribution in [2.75, 3.05) is 67.5 Å². The van der Waals surface area contributed by atoms with E-state index in [9.17, 15) is 5.11 Å². The Balaban J connectivity index is 0.000000504. The van der Waals surface area contributed by atoms with Crippen molar-refractivity contribution in [2.24, 2.45) is 11.5 Å². The van der Waals surface area contributed by atoms with Crippen LogP contribution in [0.3, 0.4) is 0 Å². The van der Waals surface area contributed by atoms with E-state index in [2.05, 4.69) is 26.5 Å². The summed E-state index contributed by atoms with van der Waals surface area (Å²) in [6.07, 6.45) is 0. The molecule has 0 saturated heterocycles. The van der Waals surface area contributed by atoms with Crippen molar-refractivity contribution in [3.63, 3.8) is 0 Å². The first kappa shape index (κ1) is 23.8. The second kappa shape index (κ2) is 15.1. The lowest BCUT2D eigenvalue weighted by atomic mass is 10.1. The van der Waals surface area contributed by atoms with Crippen molar-refractivity contribution in [2.45, 2.75) is 13.1 Å². The summed E-state index contributed by atoms with van der Waals surface area (Å²) in [5.74, 6) is 0.381. The van der Waals surface area contributed by atoms with Crippen LogP contribution in [-0.2, 0) is 13.1 Å². The number of nitrogens with two attached hydrogens (primary N) is 2. The van der Waals surface area contributed by atoms with Gasteiger partial charge < -0.3 is 37.0 Å². The lowest BCUT2D eigenvalue weighted by Gasteiger charge is -2.14. The molecule has 0 aliphatic heterocycles. The highest BCUT2D eigenvalue weighted by atomic mass is 16.3. The Morgan fingerprint density at radius 1 is 0.840 bits per heavy atom. The molecule has 0 atom stereocenters. The third kappa shape index (κ3) is 13.7. The molecule has 1 aromatic carbocycles. The number of hydrogen-bond acceptors (Lipinski definition) is 7. The molecule has 0 amide bonds. The normalized spacial score (nSPS) is 10.9. The highest BCUT2D eigenvalue weighted by molar-refractivity contribution is 5.36. The van der Waals surface area contributed by atoms with E-state index in [0.29, 0.717) is 18.8 Å². The van der Waals surface area contributed by atoms with E-state index < -0.39 is 0 Å². The number of benzene rings is 1. The van der Waals surface area contributed by atoms with E-state index in [-0.39, 0.29) is 0 Å². The van der Waals surface area contributed by atoms with Gasteiger partial charge in [-0.25, -0.2) is 0 Å². The van der Waals surface area contributed by atoms with Gasteiger partial charge in [0.05, 0.1) is 0 Å². The lowest BCUT2D eigenvalue weighted by molar-refractivity contribution is 0.382. The number of rotatable bonds is 11. The summed E-state index contributed by atoms with van der Waals surface area (Å²) in [4.78, 5) is 4.17. The van der Waals surface area contributed by atoms with Crippen molar-refractivity contribution in [1.82, 2.24) is 20.4 Å². The maximum atomic E-state index is 9.68.